The summed E-state index contributed by atoms with van der Waals surface area (Å²) in [5.41, 5.74) is 7.31. The number of carbonyl (C=O) groups is 1. The number of anilines is 2. The zero-order valence-corrected chi connectivity index (χ0v) is 11.0. The van der Waals surface area contributed by atoms with Crippen LogP contribution in [0.15, 0.2) is 36.4 Å². The molecule has 0 saturated heterocycles. The second-order valence-electron chi connectivity index (χ2n) is 4.53. The van der Waals surface area contributed by atoms with Gasteiger partial charge in [0.25, 0.3) is 0 Å². The van der Waals surface area contributed by atoms with E-state index in [0.29, 0.717) is 12.2 Å². The van der Waals surface area contributed by atoms with Crippen molar-refractivity contribution in [3.63, 3.8) is 0 Å². The summed E-state index contributed by atoms with van der Waals surface area (Å²) in [6.45, 7) is 2.41. The number of nitrogens with two attached hydrogens (primary N) is 1. The molecule has 0 aliphatic carbocycles. The van der Waals surface area contributed by atoms with Gasteiger partial charge >= 0.3 is 5.97 Å². The van der Waals surface area contributed by atoms with Gasteiger partial charge in [0.05, 0.1) is 11.4 Å². The monoisotopic (exact) mass is 274 g/mol. The first-order valence-electron chi connectivity index (χ1n) is 6.09. The minimum absolute atomic E-state index is 0.238. The van der Waals surface area contributed by atoms with Crippen molar-refractivity contribution in [1.82, 2.24) is 0 Å². The lowest BCUT2D eigenvalue weighted by atomic mass is 10.1. The third-order valence-corrected chi connectivity index (χ3v) is 2.97. The molecule has 0 saturated carbocycles. The van der Waals surface area contributed by atoms with E-state index in [9.17, 15) is 9.18 Å². The quantitative estimate of drug-likeness (QED) is 0.749. The molecule has 20 heavy (non-hydrogen) atoms. The molecular formula is C15H15FN2O2. The molecule has 0 unspecified atom stereocenters. The maximum atomic E-state index is 13.3. The highest BCUT2D eigenvalue weighted by Crippen LogP contribution is 2.25. The molecule has 0 fully saturated rings. The molecule has 0 aliphatic heterocycles. The highest BCUT2D eigenvalue weighted by molar-refractivity contribution is 6.00. The van der Waals surface area contributed by atoms with Crippen molar-refractivity contribution in [3.8, 4) is 0 Å². The first-order valence-corrected chi connectivity index (χ1v) is 6.09. The lowest BCUT2D eigenvalue weighted by Gasteiger charge is -2.12. The number of nitrogen functional groups attached to an aromatic ring is 1. The van der Waals surface area contributed by atoms with Gasteiger partial charge in [-0.15, -0.1) is 0 Å². The number of hydrogen-bond donors (Lipinski definition) is 3. The van der Waals surface area contributed by atoms with E-state index in [1.54, 1.807) is 0 Å². The lowest BCUT2D eigenvalue weighted by Crippen LogP contribution is -2.10. The number of aryl methyl sites for hydroxylation is 1. The summed E-state index contributed by atoms with van der Waals surface area (Å²) in [5, 5.41) is 12.1. The maximum absolute atomic E-state index is 13.3. The first-order chi connectivity index (χ1) is 9.49. The topological polar surface area (TPSA) is 75.3 Å². The van der Waals surface area contributed by atoms with Crippen LogP contribution in [0.5, 0.6) is 0 Å². The summed E-state index contributed by atoms with van der Waals surface area (Å²) in [4.78, 5) is 11.2. The van der Waals surface area contributed by atoms with Crippen molar-refractivity contribution in [2.24, 2.45) is 0 Å². The van der Waals surface area contributed by atoms with Crippen LogP contribution in [0, 0.1) is 12.7 Å². The molecule has 0 atom stereocenters. The molecule has 2 aromatic carbocycles. The fourth-order valence-corrected chi connectivity index (χ4v) is 1.99. The Balaban J connectivity index is 2.26. The van der Waals surface area contributed by atoms with Crippen LogP contribution in [0.4, 0.5) is 15.8 Å². The van der Waals surface area contributed by atoms with Crippen LogP contribution >= 0.6 is 0 Å². The molecule has 2 rings (SSSR count). The van der Waals surface area contributed by atoms with E-state index in [-0.39, 0.29) is 11.3 Å². The van der Waals surface area contributed by atoms with E-state index in [1.807, 2.05) is 31.2 Å². The summed E-state index contributed by atoms with van der Waals surface area (Å²) in [6.07, 6.45) is 0. The number of rotatable bonds is 4. The third kappa shape index (κ3) is 2.88. The van der Waals surface area contributed by atoms with Crippen molar-refractivity contribution in [1.29, 1.82) is 0 Å². The van der Waals surface area contributed by atoms with Crippen molar-refractivity contribution < 1.29 is 14.3 Å². The van der Waals surface area contributed by atoms with Gasteiger partial charge in [0.15, 0.2) is 0 Å². The Morgan fingerprint density at radius 3 is 2.75 bits per heavy atom. The average molecular weight is 274 g/mol. The van der Waals surface area contributed by atoms with E-state index in [4.69, 9.17) is 10.8 Å². The number of carboxylic acids is 1. The minimum atomic E-state index is -1.26. The van der Waals surface area contributed by atoms with Crippen LogP contribution in [0.3, 0.4) is 0 Å². The number of halogens is 1. The Morgan fingerprint density at radius 1 is 1.35 bits per heavy atom. The Hall–Kier alpha value is -2.56. The molecular weight excluding hydrogens is 259 g/mol. The second-order valence-corrected chi connectivity index (χ2v) is 4.53. The molecule has 2 aromatic rings. The van der Waals surface area contributed by atoms with E-state index < -0.39 is 11.8 Å². The van der Waals surface area contributed by atoms with Gasteiger partial charge in [-0.05, 0) is 24.6 Å². The van der Waals surface area contributed by atoms with E-state index in [1.165, 1.54) is 6.07 Å². The van der Waals surface area contributed by atoms with Crippen molar-refractivity contribution >= 4 is 17.3 Å². The second kappa shape index (κ2) is 5.61. The highest BCUT2D eigenvalue weighted by Gasteiger charge is 2.17. The van der Waals surface area contributed by atoms with Gasteiger partial charge in [0, 0.05) is 6.54 Å². The highest BCUT2D eigenvalue weighted by atomic mass is 19.1. The zero-order valence-electron chi connectivity index (χ0n) is 11.0. The van der Waals surface area contributed by atoms with Gasteiger partial charge in [-0.2, -0.15) is 0 Å². The molecule has 0 heterocycles. The van der Waals surface area contributed by atoms with Gasteiger partial charge in [0.1, 0.15) is 11.4 Å². The largest absolute Gasteiger partial charge is 0.478 e. The summed E-state index contributed by atoms with van der Waals surface area (Å²) in [6, 6.07) is 10.3. The summed E-state index contributed by atoms with van der Waals surface area (Å²) in [7, 11) is 0. The normalized spacial score (nSPS) is 10.3. The Labute approximate surface area is 116 Å². The average Bonchev–Trinajstić information content (AvgIpc) is 2.39. The molecule has 4 N–H and O–H groups in total. The molecule has 5 heteroatoms. The molecule has 0 aliphatic rings. The van der Waals surface area contributed by atoms with E-state index in [0.717, 1.165) is 17.2 Å². The van der Waals surface area contributed by atoms with Crippen LogP contribution in [0.25, 0.3) is 0 Å². The van der Waals surface area contributed by atoms with E-state index in [2.05, 4.69) is 5.32 Å². The van der Waals surface area contributed by atoms with E-state index >= 15 is 0 Å². The molecule has 0 amide bonds. The van der Waals surface area contributed by atoms with Crippen LogP contribution in [0.2, 0.25) is 0 Å². The Kier molecular flexibility index (Phi) is 3.89. The maximum Gasteiger partial charge on any atom is 0.340 e. The number of hydrogen-bond acceptors (Lipinski definition) is 3. The number of carboxylic acid groups (broad SMARTS) is 1. The zero-order chi connectivity index (χ0) is 14.7. The standard InChI is InChI=1S/C15H15FN2O2/c1-9-3-2-4-10(7-9)8-18-12-6-5-11(16)14(17)13(12)15(19)20/h2-7,18H,8,17H2,1H3,(H,19,20). The van der Waals surface area contributed by atoms with Crippen molar-refractivity contribution in [3.05, 3.63) is 58.9 Å². The SMILES string of the molecule is Cc1cccc(CNc2ccc(F)c(N)c2C(=O)O)c1. The summed E-state index contributed by atoms with van der Waals surface area (Å²) < 4.78 is 13.3. The van der Waals surface area contributed by atoms with Gasteiger partial charge in [-0.1, -0.05) is 29.8 Å². The number of aromatic carboxylic acids is 1. The first kappa shape index (κ1) is 13.9. The van der Waals surface area contributed by atoms with Gasteiger partial charge in [0.2, 0.25) is 0 Å². The third-order valence-electron chi connectivity index (χ3n) is 2.97. The molecule has 4 nitrogen and oxygen atoms in total. The van der Waals surface area contributed by atoms with Crippen molar-refractivity contribution in [2.75, 3.05) is 11.1 Å². The van der Waals surface area contributed by atoms with Crippen LogP contribution in [-0.4, -0.2) is 11.1 Å². The molecule has 0 radical (unpaired) electrons. The predicted octanol–water partition coefficient (Wildman–Crippen LogP) is 3.03. The lowest BCUT2D eigenvalue weighted by molar-refractivity contribution is 0.0698. The smallest absolute Gasteiger partial charge is 0.340 e. The van der Waals surface area contributed by atoms with Crippen molar-refractivity contribution in [2.45, 2.75) is 13.5 Å². The van der Waals surface area contributed by atoms with Gasteiger partial charge in [-0.3, -0.25) is 0 Å². The van der Waals surface area contributed by atoms with Gasteiger partial charge in [-0.25, -0.2) is 9.18 Å². The molecule has 0 spiro atoms. The van der Waals surface area contributed by atoms with Crippen LogP contribution < -0.4 is 11.1 Å². The number of nitrogens with one attached hydrogen (secondary N) is 1. The molecule has 0 bridgehead atoms. The fraction of sp³-hybridized carbons (Fsp3) is 0.133. The van der Waals surface area contributed by atoms with Crippen LogP contribution in [0.1, 0.15) is 21.5 Å². The Bertz CT molecular complexity index is 656. The Morgan fingerprint density at radius 2 is 2.10 bits per heavy atom. The molecule has 104 valence electrons. The molecule has 0 aromatic heterocycles. The fourth-order valence-electron chi connectivity index (χ4n) is 1.99. The predicted molar refractivity (Wildman–Crippen MR) is 76.3 cm³/mol. The van der Waals surface area contributed by atoms with Crippen LogP contribution in [-0.2, 0) is 6.54 Å². The summed E-state index contributed by atoms with van der Waals surface area (Å²) >= 11 is 0. The minimum Gasteiger partial charge on any atom is -0.478 e. The number of benzene rings is 2. The summed E-state index contributed by atoms with van der Waals surface area (Å²) in [5.74, 6) is -1.99. The van der Waals surface area contributed by atoms with Gasteiger partial charge < -0.3 is 16.2 Å².